The molecule has 0 saturated carbocycles. The number of H-pyrrole nitrogens is 1. The number of aliphatic carboxylic acids is 2. The molecule has 0 aliphatic carbocycles. The highest BCUT2D eigenvalue weighted by Gasteiger charge is 2.39. The molecule has 4 heterocycles. The molecule has 0 bridgehead atoms. The van der Waals surface area contributed by atoms with Gasteiger partial charge in [0.1, 0.15) is 11.3 Å². The van der Waals surface area contributed by atoms with Crippen LogP contribution in [0.5, 0.6) is 0 Å². The molecule has 3 aromatic rings. The fourth-order valence-electron chi connectivity index (χ4n) is 3.65. The highest BCUT2D eigenvalue weighted by molar-refractivity contribution is 7.07. The van der Waals surface area contributed by atoms with Gasteiger partial charge in [-0.1, -0.05) is 6.92 Å². The second-order valence-corrected chi connectivity index (χ2v) is 8.96. The number of rotatable bonds is 3. The molecule has 1 saturated heterocycles. The summed E-state index contributed by atoms with van der Waals surface area (Å²) in [6.45, 7) is 3.77. The number of aromatic amines is 1. The van der Waals surface area contributed by atoms with Crippen LogP contribution < -0.4 is 4.90 Å². The number of carboxylic acid groups (broad SMARTS) is 2. The van der Waals surface area contributed by atoms with Crippen molar-refractivity contribution >= 4 is 45.9 Å². The predicted molar refractivity (Wildman–Crippen MR) is 127 cm³/mol. The van der Waals surface area contributed by atoms with Crippen molar-refractivity contribution < 1.29 is 50.9 Å². The highest BCUT2D eigenvalue weighted by Crippen LogP contribution is 2.30. The number of anilines is 1. The fraction of sp³-hybridized carbons (Fsp3) is 0.409. The van der Waals surface area contributed by atoms with E-state index in [1.807, 2.05) is 28.7 Å². The molecule has 3 N–H and O–H groups in total. The second kappa shape index (κ2) is 12.8. The Morgan fingerprint density at radius 1 is 1.08 bits per heavy atom. The summed E-state index contributed by atoms with van der Waals surface area (Å²) >= 11 is 1.46. The van der Waals surface area contributed by atoms with Crippen LogP contribution in [0.15, 0.2) is 35.4 Å². The number of nitrogens with zero attached hydrogens (tertiary/aromatic N) is 4. The largest absolute Gasteiger partial charge is 0.490 e. The smallest absolute Gasteiger partial charge is 0.475 e. The van der Waals surface area contributed by atoms with Gasteiger partial charge in [0, 0.05) is 55.0 Å². The van der Waals surface area contributed by atoms with Gasteiger partial charge < -0.3 is 25.0 Å². The van der Waals surface area contributed by atoms with Crippen molar-refractivity contribution in [2.75, 3.05) is 25.0 Å². The Balaban J connectivity index is 0.000000317. The molecular formula is C22H23F6N5O5S. The van der Waals surface area contributed by atoms with Gasteiger partial charge in [-0.25, -0.2) is 19.6 Å². The van der Waals surface area contributed by atoms with Crippen LogP contribution in [0, 0.1) is 5.92 Å². The van der Waals surface area contributed by atoms with E-state index in [2.05, 4.69) is 39.9 Å². The molecule has 0 spiro atoms. The number of alkyl halides is 6. The third kappa shape index (κ3) is 8.56. The lowest BCUT2D eigenvalue weighted by Gasteiger charge is -2.42. The maximum absolute atomic E-state index is 12.7. The molecule has 1 aliphatic rings. The zero-order chi connectivity index (χ0) is 29.5. The Bertz CT molecular complexity index is 1240. The number of hydrogen-bond donors (Lipinski definition) is 3. The Kier molecular flexibility index (Phi) is 10.3. The molecule has 1 fully saturated rings. The maximum atomic E-state index is 12.7. The summed E-state index contributed by atoms with van der Waals surface area (Å²) in [4.78, 5) is 46.4. The molecule has 4 rings (SSSR count). The van der Waals surface area contributed by atoms with Crippen molar-refractivity contribution in [3.63, 3.8) is 0 Å². The summed E-state index contributed by atoms with van der Waals surface area (Å²) in [6.07, 6.45) is -5.43. The number of carbonyl (C=O) groups excluding carboxylic acids is 1. The number of thiazole rings is 1. The minimum Gasteiger partial charge on any atom is -0.475 e. The first kappa shape index (κ1) is 31.3. The number of piperidine rings is 1. The first-order valence-corrected chi connectivity index (χ1v) is 11.9. The van der Waals surface area contributed by atoms with Gasteiger partial charge in [-0.3, -0.25) is 4.79 Å². The molecule has 2 atom stereocenters. The number of halogens is 6. The molecule has 0 radical (unpaired) electrons. The van der Waals surface area contributed by atoms with Crippen LogP contribution in [0.25, 0.3) is 11.0 Å². The molecule has 1 aliphatic heterocycles. The van der Waals surface area contributed by atoms with E-state index in [0.29, 0.717) is 18.2 Å². The normalized spacial score (nSPS) is 17.4. The lowest BCUT2D eigenvalue weighted by Crippen LogP contribution is -2.52. The third-order valence-corrected chi connectivity index (χ3v) is 6.24. The molecule has 39 heavy (non-hydrogen) atoms. The predicted octanol–water partition coefficient (Wildman–Crippen LogP) is 4.27. The zero-order valence-electron chi connectivity index (χ0n) is 20.3. The summed E-state index contributed by atoms with van der Waals surface area (Å²) < 4.78 is 63.5. The van der Waals surface area contributed by atoms with Crippen LogP contribution in [-0.4, -0.2) is 86.4 Å². The van der Waals surface area contributed by atoms with Crippen molar-refractivity contribution in [1.29, 1.82) is 0 Å². The van der Waals surface area contributed by atoms with Gasteiger partial charge in [-0.05, 0) is 24.5 Å². The first-order valence-electron chi connectivity index (χ1n) is 11.0. The molecular weight excluding hydrogens is 560 g/mol. The fourth-order valence-corrected chi connectivity index (χ4v) is 4.18. The Labute approximate surface area is 220 Å². The molecule has 214 valence electrons. The number of carbonyl (C=O) groups is 3. The van der Waals surface area contributed by atoms with Gasteiger partial charge in [-0.15, -0.1) is 11.3 Å². The SMILES string of the molecule is C[C@@H]1CCN(C(=O)c2cscn2)CC1N(C)c1ccnc2[nH]ccc12.O=C(O)C(F)(F)F.O=C(O)C(F)(F)F. The van der Waals surface area contributed by atoms with E-state index in [4.69, 9.17) is 19.8 Å². The minimum atomic E-state index is -5.08. The lowest BCUT2D eigenvalue weighted by molar-refractivity contribution is -0.193. The Morgan fingerprint density at radius 3 is 2.18 bits per heavy atom. The molecule has 10 nitrogen and oxygen atoms in total. The topological polar surface area (TPSA) is 140 Å². The third-order valence-electron chi connectivity index (χ3n) is 5.66. The molecule has 0 aromatic carbocycles. The Hall–Kier alpha value is -3.89. The van der Waals surface area contributed by atoms with Crippen LogP contribution in [0.4, 0.5) is 32.0 Å². The van der Waals surface area contributed by atoms with E-state index in [0.717, 1.165) is 29.7 Å². The van der Waals surface area contributed by atoms with Gasteiger partial charge in [0.25, 0.3) is 5.91 Å². The average Bonchev–Trinajstić information content (AvgIpc) is 3.55. The second-order valence-electron chi connectivity index (χ2n) is 8.24. The van der Waals surface area contributed by atoms with Gasteiger partial charge in [0.05, 0.1) is 5.51 Å². The van der Waals surface area contributed by atoms with Crippen LogP contribution in [0.1, 0.15) is 23.8 Å². The number of pyridine rings is 1. The highest BCUT2D eigenvalue weighted by atomic mass is 32.1. The zero-order valence-corrected chi connectivity index (χ0v) is 21.1. The van der Waals surface area contributed by atoms with E-state index < -0.39 is 24.3 Å². The average molecular weight is 584 g/mol. The van der Waals surface area contributed by atoms with Gasteiger partial charge in [0.2, 0.25) is 0 Å². The summed E-state index contributed by atoms with van der Waals surface area (Å²) in [5, 5.41) is 17.2. The van der Waals surface area contributed by atoms with Crippen molar-refractivity contribution in [2.24, 2.45) is 5.92 Å². The molecule has 3 aromatic heterocycles. The van der Waals surface area contributed by atoms with Crippen LogP contribution in [0.2, 0.25) is 0 Å². The number of nitrogens with one attached hydrogen (secondary N) is 1. The van der Waals surface area contributed by atoms with Crippen LogP contribution in [0.3, 0.4) is 0 Å². The number of hydrogen-bond acceptors (Lipinski definition) is 7. The molecule has 1 unspecified atom stereocenters. The van der Waals surface area contributed by atoms with Gasteiger partial charge >= 0.3 is 24.3 Å². The van der Waals surface area contributed by atoms with Crippen molar-refractivity contribution in [3.05, 3.63) is 41.1 Å². The minimum absolute atomic E-state index is 0.0352. The van der Waals surface area contributed by atoms with Crippen LogP contribution in [-0.2, 0) is 9.59 Å². The lowest BCUT2D eigenvalue weighted by atomic mass is 9.91. The number of amides is 1. The van der Waals surface area contributed by atoms with E-state index in [-0.39, 0.29) is 11.9 Å². The summed E-state index contributed by atoms with van der Waals surface area (Å²) in [5.74, 6) is -4.97. The maximum Gasteiger partial charge on any atom is 0.490 e. The monoisotopic (exact) mass is 583 g/mol. The number of likely N-dealkylation sites (tertiary alicyclic amines) is 1. The quantitative estimate of drug-likeness (QED) is 0.389. The van der Waals surface area contributed by atoms with Gasteiger partial charge in [-0.2, -0.15) is 26.3 Å². The van der Waals surface area contributed by atoms with E-state index in [1.165, 1.54) is 11.3 Å². The standard InChI is InChI=1S/C18H21N5OS.2C2HF3O2/c1-12-5-8-23(18(24)14-10-25-11-21-14)9-16(12)22(2)15-4-7-20-17-13(15)3-6-19-17;2*3-2(4,5)1(6)7/h3-4,6-7,10-12,16H,5,8-9H2,1-2H3,(H,19,20);2*(H,6,7)/t12-,16?;;/m1../s1. The number of fused-ring (bicyclic) bond motifs is 1. The van der Waals surface area contributed by atoms with E-state index in [1.54, 1.807) is 5.51 Å². The Morgan fingerprint density at radius 2 is 1.67 bits per heavy atom. The van der Waals surface area contributed by atoms with Crippen LogP contribution >= 0.6 is 11.3 Å². The number of carboxylic acids is 2. The van der Waals surface area contributed by atoms with Crippen molar-refractivity contribution in [1.82, 2.24) is 19.9 Å². The van der Waals surface area contributed by atoms with Gasteiger partial charge in [0.15, 0.2) is 0 Å². The van der Waals surface area contributed by atoms with Crippen molar-refractivity contribution in [3.8, 4) is 0 Å². The summed E-state index contributed by atoms with van der Waals surface area (Å²) in [5.41, 5.74) is 4.30. The molecule has 17 heteroatoms. The summed E-state index contributed by atoms with van der Waals surface area (Å²) in [6, 6.07) is 4.36. The van der Waals surface area contributed by atoms with E-state index in [9.17, 15) is 31.1 Å². The van der Waals surface area contributed by atoms with Crippen molar-refractivity contribution in [2.45, 2.75) is 31.7 Å². The number of likely N-dealkylation sites (N-methyl/N-ethyl adjacent to an activating group) is 1. The summed E-state index contributed by atoms with van der Waals surface area (Å²) in [7, 11) is 2.11. The first-order chi connectivity index (χ1) is 18.0. The molecule has 1 amide bonds. The van der Waals surface area contributed by atoms with E-state index >= 15 is 0 Å². The number of aromatic nitrogens is 3.